The van der Waals surface area contributed by atoms with Crippen LogP contribution in [-0.2, 0) is 11.3 Å². The van der Waals surface area contributed by atoms with Gasteiger partial charge in [-0.05, 0) is 33.6 Å². The average Bonchev–Trinajstić information content (AvgIpc) is 2.81. The van der Waals surface area contributed by atoms with Crippen molar-refractivity contribution in [1.82, 2.24) is 15.2 Å². The third-order valence-corrected chi connectivity index (χ3v) is 4.85. The van der Waals surface area contributed by atoms with E-state index >= 15 is 0 Å². The van der Waals surface area contributed by atoms with E-state index in [0.29, 0.717) is 13.2 Å². The van der Waals surface area contributed by atoms with Gasteiger partial charge in [0.25, 0.3) is 0 Å². The number of rotatable bonds is 6. The molecule has 0 amide bonds. The van der Waals surface area contributed by atoms with E-state index in [4.69, 9.17) is 10.6 Å². The number of aromatic nitrogens is 2. The van der Waals surface area contributed by atoms with Gasteiger partial charge >= 0.3 is 0 Å². The highest BCUT2D eigenvalue weighted by atomic mass is 79.9. The molecule has 2 aromatic rings. The van der Waals surface area contributed by atoms with Gasteiger partial charge in [0.15, 0.2) is 0 Å². The molecule has 0 aliphatic rings. The molecular formula is C13H15Br3N4O. The van der Waals surface area contributed by atoms with Crippen LogP contribution in [0.1, 0.15) is 17.3 Å². The molecule has 5 nitrogen and oxygen atoms in total. The van der Waals surface area contributed by atoms with Crippen molar-refractivity contribution in [3.63, 3.8) is 0 Å². The summed E-state index contributed by atoms with van der Waals surface area (Å²) in [5, 5.41) is 4.36. The predicted molar refractivity (Wildman–Crippen MR) is 92.8 cm³/mol. The van der Waals surface area contributed by atoms with Gasteiger partial charge in [-0.3, -0.25) is 10.5 Å². The Hall–Kier alpha value is -0.250. The van der Waals surface area contributed by atoms with Crippen molar-refractivity contribution in [1.29, 1.82) is 0 Å². The zero-order chi connectivity index (χ0) is 15.4. The molecule has 21 heavy (non-hydrogen) atoms. The van der Waals surface area contributed by atoms with E-state index in [9.17, 15) is 0 Å². The Morgan fingerprint density at radius 2 is 2.10 bits per heavy atom. The van der Waals surface area contributed by atoms with E-state index in [0.717, 1.165) is 24.7 Å². The Labute approximate surface area is 148 Å². The third kappa shape index (κ3) is 3.94. The zero-order valence-electron chi connectivity index (χ0n) is 11.3. The second-order valence-electron chi connectivity index (χ2n) is 4.36. The summed E-state index contributed by atoms with van der Waals surface area (Å²) in [5.74, 6) is 5.79. The summed E-state index contributed by atoms with van der Waals surface area (Å²) in [7, 11) is 1.67. The highest BCUT2D eigenvalue weighted by Gasteiger charge is 2.22. The summed E-state index contributed by atoms with van der Waals surface area (Å²) >= 11 is 10.6. The van der Waals surface area contributed by atoms with Gasteiger partial charge in [-0.25, -0.2) is 5.43 Å². The molecule has 0 aliphatic carbocycles. The first-order valence-corrected chi connectivity index (χ1v) is 8.57. The molecular weight excluding hydrogens is 468 g/mol. The minimum absolute atomic E-state index is 0.193. The highest BCUT2D eigenvalue weighted by Crippen LogP contribution is 2.33. The molecule has 0 radical (unpaired) electrons. The Kier molecular flexibility index (Phi) is 6.39. The van der Waals surface area contributed by atoms with Crippen LogP contribution in [0.25, 0.3) is 0 Å². The van der Waals surface area contributed by atoms with E-state index in [2.05, 4.69) is 58.3 Å². The lowest BCUT2D eigenvalue weighted by Gasteiger charge is -2.20. The molecule has 1 heterocycles. The van der Waals surface area contributed by atoms with E-state index in [-0.39, 0.29) is 6.04 Å². The molecule has 1 aromatic heterocycles. The number of halogens is 3. The standard InChI is InChI=1S/C13H15Br3N4O/c1-21-5-4-20-13(11(16)7-18-20)12(19-17)9-3-2-8(14)6-10(9)15/h2-3,6-7,12,19H,4-5,17H2,1H3. The molecule has 8 heteroatoms. The van der Waals surface area contributed by atoms with Crippen LogP contribution in [0.4, 0.5) is 0 Å². The van der Waals surface area contributed by atoms with Gasteiger partial charge in [-0.1, -0.05) is 37.9 Å². The molecule has 1 atom stereocenters. The van der Waals surface area contributed by atoms with Crippen LogP contribution >= 0.6 is 47.8 Å². The molecule has 2 rings (SSSR count). The fourth-order valence-corrected chi connectivity index (χ4v) is 3.87. The summed E-state index contributed by atoms with van der Waals surface area (Å²) in [6, 6.07) is 5.79. The monoisotopic (exact) mass is 480 g/mol. The van der Waals surface area contributed by atoms with Gasteiger partial charge in [0.2, 0.25) is 0 Å². The Morgan fingerprint density at radius 1 is 1.33 bits per heavy atom. The number of nitrogens with zero attached hydrogens (tertiary/aromatic N) is 2. The van der Waals surface area contributed by atoms with Crippen molar-refractivity contribution < 1.29 is 4.74 Å². The van der Waals surface area contributed by atoms with Crippen LogP contribution in [0.5, 0.6) is 0 Å². The molecule has 114 valence electrons. The highest BCUT2D eigenvalue weighted by molar-refractivity contribution is 9.11. The number of nitrogens with two attached hydrogens (primary N) is 1. The molecule has 0 spiro atoms. The van der Waals surface area contributed by atoms with Crippen molar-refractivity contribution in [2.24, 2.45) is 5.84 Å². The van der Waals surface area contributed by atoms with Crippen molar-refractivity contribution >= 4 is 47.8 Å². The normalized spacial score (nSPS) is 12.6. The summed E-state index contributed by atoms with van der Waals surface area (Å²) in [4.78, 5) is 0. The second-order valence-corrected chi connectivity index (χ2v) is 6.98. The number of hydrogen-bond acceptors (Lipinski definition) is 4. The number of methoxy groups -OCH3 is 1. The maximum Gasteiger partial charge on any atom is 0.0900 e. The van der Waals surface area contributed by atoms with Gasteiger partial charge in [-0.15, -0.1) is 0 Å². The van der Waals surface area contributed by atoms with E-state index in [1.54, 1.807) is 13.3 Å². The minimum atomic E-state index is -0.193. The molecule has 3 N–H and O–H groups in total. The first kappa shape index (κ1) is 17.1. The summed E-state index contributed by atoms with van der Waals surface area (Å²) in [5.41, 5.74) is 4.85. The lowest BCUT2D eigenvalue weighted by Crippen LogP contribution is -2.31. The van der Waals surface area contributed by atoms with Gasteiger partial charge in [-0.2, -0.15) is 5.10 Å². The van der Waals surface area contributed by atoms with Crippen molar-refractivity contribution in [3.8, 4) is 0 Å². The Bertz CT molecular complexity index is 617. The lowest BCUT2D eigenvalue weighted by molar-refractivity contribution is 0.182. The smallest absolute Gasteiger partial charge is 0.0900 e. The molecule has 1 unspecified atom stereocenters. The molecule has 0 saturated carbocycles. The van der Waals surface area contributed by atoms with E-state index < -0.39 is 0 Å². The van der Waals surface area contributed by atoms with E-state index in [1.165, 1.54) is 0 Å². The summed E-state index contributed by atoms with van der Waals surface area (Å²) in [6.07, 6.45) is 1.77. The SMILES string of the molecule is COCCn1ncc(Br)c1C(NN)c1ccc(Br)cc1Br. The van der Waals surface area contributed by atoms with E-state index in [1.807, 2.05) is 22.9 Å². The fourth-order valence-electron chi connectivity index (χ4n) is 2.07. The van der Waals surface area contributed by atoms with Crippen LogP contribution in [0.3, 0.4) is 0 Å². The Morgan fingerprint density at radius 3 is 2.71 bits per heavy atom. The molecule has 1 aromatic carbocycles. The van der Waals surface area contributed by atoms with Crippen molar-refractivity contribution in [2.75, 3.05) is 13.7 Å². The number of ether oxygens (including phenoxy) is 1. The number of hydrogen-bond donors (Lipinski definition) is 2. The molecule has 0 fully saturated rings. The number of benzene rings is 1. The van der Waals surface area contributed by atoms with Crippen LogP contribution in [-0.4, -0.2) is 23.5 Å². The maximum absolute atomic E-state index is 5.79. The van der Waals surface area contributed by atoms with Crippen LogP contribution < -0.4 is 11.3 Å². The van der Waals surface area contributed by atoms with Crippen LogP contribution in [0.15, 0.2) is 37.8 Å². The first-order chi connectivity index (χ1) is 10.1. The average molecular weight is 483 g/mol. The number of nitrogens with one attached hydrogen (secondary N) is 1. The predicted octanol–water partition coefficient (Wildman–Crippen LogP) is 3.37. The van der Waals surface area contributed by atoms with Crippen molar-refractivity contribution in [3.05, 3.63) is 49.1 Å². The third-order valence-electron chi connectivity index (χ3n) is 3.05. The second kappa shape index (κ2) is 7.85. The lowest BCUT2D eigenvalue weighted by atomic mass is 10.0. The topological polar surface area (TPSA) is 65.1 Å². The molecule has 0 saturated heterocycles. The van der Waals surface area contributed by atoms with Crippen molar-refractivity contribution in [2.45, 2.75) is 12.6 Å². The van der Waals surface area contributed by atoms with Gasteiger partial charge in [0.05, 0.1) is 35.6 Å². The van der Waals surface area contributed by atoms with Gasteiger partial charge in [0, 0.05) is 16.1 Å². The quantitative estimate of drug-likeness (QED) is 0.489. The number of hydrazine groups is 1. The minimum Gasteiger partial charge on any atom is -0.383 e. The largest absolute Gasteiger partial charge is 0.383 e. The first-order valence-electron chi connectivity index (χ1n) is 6.19. The van der Waals surface area contributed by atoms with Crippen LogP contribution in [0.2, 0.25) is 0 Å². The van der Waals surface area contributed by atoms with Crippen LogP contribution in [0, 0.1) is 0 Å². The zero-order valence-corrected chi connectivity index (χ0v) is 16.1. The Balaban J connectivity index is 2.43. The summed E-state index contributed by atoms with van der Waals surface area (Å²) < 4.78 is 9.87. The van der Waals surface area contributed by atoms with Gasteiger partial charge < -0.3 is 4.74 Å². The summed E-state index contributed by atoms with van der Waals surface area (Å²) in [6.45, 7) is 1.24. The fraction of sp³-hybridized carbons (Fsp3) is 0.308. The maximum atomic E-state index is 5.79. The molecule has 0 aliphatic heterocycles. The van der Waals surface area contributed by atoms with Gasteiger partial charge in [0.1, 0.15) is 0 Å². The molecule has 0 bridgehead atoms.